The van der Waals surface area contributed by atoms with E-state index < -0.39 is 24.4 Å². The second-order valence-electron chi connectivity index (χ2n) is 3.96. The lowest BCUT2D eigenvalue weighted by atomic mass is 10.1. The first-order chi connectivity index (χ1) is 7.20. The van der Waals surface area contributed by atoms with Crippen molar-refractivity contribution < 1.29 is 20.4 Å². The van der Waals surface area contributed by atoms with Crippen molar-refractivity contribution >= 4 is 32.7 Å². The maximum absolute atomic E-state index is 9.95. The van der Waals surface area contributed by atoms with E-state index >= 15 is 0 Å². The van der Waals surface area contributed by atoms with E-state index in [9.17, 15) is 15.3 Å². The van der Waals surface area contributed by atoms with Crippen molar-refractivity contribution in [2.24, 2.45) is 0 Å². The molecule has 0 aliphatic carbocycles. The van der Waals surface area contributed by atoms with Gasteiger partial charge < -0.3 is 20.4 Å². The predicted molar refractivity (Wildman–Crippen MR) is 74.8 cm³/mol. The van der Waals surface area contributed by atoms with Crippen LogP contribution in [0.25, 0.3) is 0 Å². The van der Waals surface area contributed by atoms with E-state index in [0.717, 1.165) is 0 Å². The van der Waals surface area contributed by atoms with Gasteiger partial charge >= 0.3 is 0 Å². The second kappa shape index (κ2) is 6.88. The molecule has 2 unspecified atom stereocenters. The molecule has 4 nitrogen and oxygen atoms in total. The van der Waals surface area contributed by atoms with Crippen molar-refractivity contribution in [1.82, 2.24) is 0 Å². The highest BCUT2D eigenvalue weighted by Gasteiger charge is 2.33. The molecule has 0 aliphatic rings. The van der Waals surface area contributed by atoms with E-state index in [-0.39, 0.29) is 25.6 Å². The third kappa shape index (κ3) is 4.27. The Labute approximate surface area is 102 Å². The van der Waals surface area contributed by atoms with Crippen LogP contribution in [0.3, 0.4) is 0 Å². The smallest absolute Gasteiger partial charge is 0.110 e. The van der Waals surface area contributed by atoms with E-state index in [1.54, 1.807) is 0 Å². The molecular formula is C10H22O4S2. The summed E-state index contributed by atoms with van der Waals surface area (Å²) in [6, 6.07) is 0. The Bertz CT molecular complexity index is 254. The van der Waals surface area contributed by atoms with Crippen LogP contribution < -0.4 is 0 Å². The summed E-state index contributed by atoms with van der Waals surface area (Å²) in [6.45, 7) is 1.36. The molecule has 0 saturated heterocycles. The summed E-state index contributed by atoms with van der Waals surface area (Å²) in [5, 5.41) is 38.3. The van der Waals surface area contributed by atoms with Crippen LogP contribution in [0, 0.1) is 0 Å². The SMILES string of the molecule is C=S(C)C([C@H](O)[C@H](O)[C@@H](O)[C@H](C)O)S(=C)C. The molecule has 0 spiro atoms. The molecule has 98 valence electrons. The maximum atomic E-state index is 9.95. The zero-order chi connectivity index (χ0) is 13.0. The fraction of sp³-hybridized carbons (Fsp3) is 0.800. The normalized spacial score (nSPS) is 25.2. The largest absolute Gasteiger partial charge is 0.391 e. The van der Waals surface area contributed by atoms with Gasteiger partial charge in [0.1, 0.15) is 18.3 Å². The standard InChI is InChI=1S/C10H22O4S2/c1-6(11)7(12)8(13)9(14)10(15(2)3)16(4)5/h6-14H,2,4H2,1,3,5H3/t6-,7-,8+,9+,10?,15?,16?/m0/s1. The Hall–Kier alpha value is 0.280. The van der Waals surface area contributed by atoms with Gasteiger partial charge in [0.25, 0.3) is 0 Å². The topological polar surface area (TPSA) is 80.9 Å². The van der Waals surface area contributed by atoms with E-state index in [1.165, 1.54) is 6.92 Å². The molecule has 0 aromatic heterocycles. The van der Waals surface area contributed by atoms with Crippen molar-refractivity contribution in [3.8, 4) is 0 Å². The fourth-order valence-electron chi connectivity index (χ4n) is 1.40. The lowest BCUT2D eigenvalue weighted by molar-refractivity contribution is -0.0952. The number of aliphatic hydroxyl groups excluding tert-OH is 4. The molecular weight excluding hydrogens is 248 g/mol. The molecule has 6 atom stereocenters. The molecule has 0 saturated carbocycles. The summed E-state index contributed by atoms with van der Waals surface area (Å²) in [5.74, 6) is 7.69. The zero-order valence-electron chi connectivity index (χ0n) is 9.91. The van der Waals surface area contributed by atoms with Gasteiger partial charge in [-0.25, -0.2) is 0 Å². The molecule has 0 heterocycles. The van der Waals surface area contributed by atoms with Gasteiger partial charge in [-0.3, -0.25) is 0 Å². The molecule has 0 aromatic carbocycles. The Morgan fingerprint density at radius 2 is 1.19 bits per heavy atom. The second-order valence-corrected chi connectivity index (χ2v) is 8.04. The highest BCUT2D eigenvalue weighted by Crippen LogP contribution is 2.33. The van der Waals surface area contributed by atoms with Crippen molar-refractivity contribution in [3.63, 3.8) is 0 Å². The number of aliphatic hydroxyl groups is 4. The molecule has 4 N–H and O–H groups in total. The molecule has 0 fully saturated rings. The highest BCUT2D eigenvalue weighted by molar-refractivity contribution is 8.30. The number of hydrogen-bond donors (Lipinski definition) is 4. The van der Waals surface area contributed by atoms with E-state index in [0.29, 0.717) is 0 Å². The molecule has 0 aromatic rings. The summed E-state index contributed by atoms with van der Waals surface area (Å²) >= 11 is 0. The first kappa shape index (κ1) is 16.3. The minimum Gasteiger partial charge on any atom is -0.391 e. The number of rotatable bonds is 6. The maximum Gasteiger partial charge on any atom is 0.110 e. The summed E-state index contributed by atoms with van der Waals surface area (Å²) in [7, 11) is -0.734. The molecule has 6 heteroatoms. The van der Waals surface area contributed by atoms with E-state index in [1.807, 2.05) is 12.5 Å². The van der Waals surface area contributed by atoms with Gasteiger partial charge in [0.15, 0.2) is 0 Å². The monoisotopic (exact) mass is 270 g/mol. The minimum atomic E-state index is -1.38. The van der Waals surface area contributed by atoms with E-state index in [2.05, 4.69) is 11.7 Å². The minimum absolute atomic E-state index is 0.275. The van der Waals surface area contributed by atoms with Gasteiger partial charge in [0.2, 0.25) is 0 Å². The van der Waals surface area contributed by atoms with Crippen LogP contribution in [0.5, 0.6) is 0 Å². The summed E-state index contributed by atoms with van der Waals surface area (Å²) in [5.41, 5.74) is 0. The van der Waals surface area contributed by atoms with Crippen molar-refractivity contribution in [2.75, 3.05) is 12.5 Å². The Kier molecular flexibility index (Phi) is 7.00. The van der Waals surface area contributed by atoms with E-state index in [4.69, 9.17) is 5.11 Å². The van der Waals surface area contributed by atoms with Crippen LogP contribution in [0.1, 0.15) is 6.92 Å². The molecule has 0 radical (unpaired) electrons. The van der Waals surface area contributed by atoms with Crippen molar-refractivity contribution in [3.05, 3.63) is 0 Å². The van der Waals surface area contributed by atoms with Crippen molar-refractivity contribution in [1.29, 1.82) is 0 Å². The lowest BCUT2D eigenvalue weighted by Crippen LogP contribution is -2.47. The molecule has 0 bridgehead atoms. The third-order valence-corrected chi connectivity index (χ3v) is 6.38. The highest BCUT2D eigenvalue weighted by atomic mass is 32.2. The zero-order valence-corrected chi connectivity index (χ0v) is 11.5. The Morgan fingerprint density at radius 1 is 0.812 bits per heavy atom. The summed E-state index contributed by atoms with van der Waals surface area (Å²) < 4.78 is -0.275. The van der Waals surface area contributed by atoms with Crippen LogP contribution in [-0.4, -0.2) is 73.7 Å². The molecule has 0 rings (SSSR count). The predicted octanol–water partition coefficient (Wildman–Crippen LogP) is -0.563. The van der Waals surface area contributed by atoms with Gasteiger partial charge in [-0.1, -0.05) is 11.7 Å². The van der Waals surface area contributed by atoms with Crippen LogP contribution in [0.2, 0.25) is 0 Å². The van der Waals surface area contributed by atoms with Crippen molar-refractivity contribution in [2.45, 2.75) is 35.9 Å². The van der Waals surface area contributed by atoms with Gasteiger partial charge in [0.05, 0.1) is 10.7 Å². The number of hydrogen-bond acceptors (Lipinski definition) is 4. The average Bonchev–Trinajstić information content (AvgIpc) is 2.13. The first-order valence-corrected chi connectivity index (χ1v) is 8.54. The summed E-state index contributed by atoms with van der Waals surface area (Å²) in [6.07, 6.45) is -1.24. The lowest BCUT2D eigenvalue weighted by Gasteiger charge is -2.31. The first-order valence-electron chi connectivity index (χ1n) is 4.81. The molecule has 0 amide bonds. The molecule has 0 aliphatic heterocycles. The van der Waals surface area contributed by atoms with Gasteiger partial charge in [-0.2, -0.15) is 21.0 Å². The third-order valence-electron chi connectivity index (χ3n) is 2.27. The average molecular weight is 270 g/mol. The van der Waals surface area contributed by atoms with Crippen LogP contribution >= 0.6 is 21.0 Å². The quantitative estimate of drug-likeness (QED) is 0.488. The van der Waals surface area contributed by atoms with Gasteiger partial charge in [-0.15, -0.1) is 0 Å². The van der Waals surface area contributed by atoms with Gasteiger partial charge in [-0.05, 0) is 19.4 Å². The van der Waals surface area contributed by atoms with Crippen LogP contribution in [0.4, 0.5) is 0 Å². The fourth-order valence-corrected chi connectivity index (χ4v) is 4.92. The summed E-state index contributed by atoms with van der Waals surface area (Å²) in [4.78, 5) is 0. The van der Waals surface area contributed by atoms with Gasteiger partial charge in [0, 0.05) is 0 Å². The Balaban J connectivity index is 4.80. The van der Waals surface area contributed by atoms with Crippen LogP contribution in [-0.2, 0) is 0 Å². The molecule has 16 heavy (non-hydrogen) atoms. The Morgan fingerprint density at radius 3 is 1.44 bits per heavy atom. The van der Waals surface area contributed by atoms with Crippen LogP contribution in [0.15, 0.2) is 0 Å².